The second kappa shape index (κ2) is 6.00. The standard InChI is InChI=1S/C16H21N5O2/c1-11(22)14-9-12-10-20(7-8-21(12)18-14)15-6-4-5-13(17-15)16(23)19(2)3/h4-6,9,11,22H,7-8,10H2,1-3H3. The first-order chi connectivity index (χ1) is 11.0. The Balaban J connectivity index is 1.83. The maximum absolute atomic E-state index is 12.1. The number of carbonyl (C=O) groups excluding carboxylic acids is 1. The summed E-state index contributed by atoms with van der Waals surface area (Å²) in [5, 5.41) is 14.1. The van der Waals surface area contributed by atoms with Crippen molar-refractivity contribution in [3.05, 3.63) is 41.3 Å². The molecule has 0 saturated heterocycles. The summed E-state index contributed by atoms with van der Waals surface area (Å²) in [4.78, 5) is 20.2. The van der Waals surface area contributed by atoms with Crippen LogP contribution in [0.25, 0.3) is 0 Å². The number of rotatable bonds is 3. The van der Waals surface area contributed by atoms with Crippen LogP contribution in [0.15, 0.2) is 24.3 Å². The number of hydrogen-bond acceptors (Lipinski definition) is 5. The van der Waals surface area contributed by atoms with Gasteiger partial charge in [-0.05, 0) is 25.1 Å². The van der Waals surface area contributed by atoms with Crippen molar-refractivity contribution in [2.45, 2.75) is 26.1 Å². The number of aliphatic hydroxyl groups is 1. The minimum atomic E-state index is -0.569. The number of pyridine rings is 1. The smallest absolute Gasteiger partial charge is 0.272 e. The number of hydrogen-bond donors (Lipinski definition) is 1. The molecule has 0 saturated carbocycles. The monoisotopic (exact) mass is 315 g/mol. The average molecular weight is 315 g/mol. The SMILES string of the molecule is CC(O)c1cc2n(n1)CCN(c1cccc(C(=O)N(C)C)n1)C2. The zero-order valence-electron chi connectivity index (χ0n) is 13.6. The molecule has 122 valence electrons. The molecule has 0 bridgehead atoms. The molecule has 7 heteroatoms. The summed E-state index contributed by atoms with van der Waals surface area (Å²) < 4.78 is 1.92. The number of aromatic nitrogens is 3. The van der Waals surface area contributed by atoms with Gasteiger partial charge in [0.25, 0.3) is 5.91 Å². The molecule has 1 N–H and O–H groups in total. The van der Waals surface area contributed by atoms with E-state index in [1.165, 1.54) is 4.90 Å². The summed E-state index contributed by atoms with van der Waals surface area (Å²) in [7, 11) is 3.43. The number of aliphatic hydroxyl groups excluding tert-OH is 1. The minimum Gasteiger partial charge on any atom is -0.387 e. The second-order valence-corrected chi connectivity index (χ2v) is 5.96. The highest BCUT2D eigenvalue weighted by Gasteiger charge is 2.21. The van der Waals surface area contributed by atoms with Crippen molar-refractivity contribution in [3.63, 3.8) is 0 Å². The Labute approximate surface area is 135 Å². The van der Waals surface area contributed by atoms with E-state index in [1.54, 1.807) is 27.1 Å². The molecule has 1 atom stereocenters. The molecule has 0 fully saturated rings. The van der Waals surface area contributed by atoms with Gasteiger partial charge in [-0.25, -0.2) is 4.98 Å². The molecule has 3 rings (SSSR count). The third-order valence-corrected chi connectivity index (χ3v) is 3.93. The third kappa shape index (κ3) is 3.05. The molecule has 0 aromatic carbocycles. The van der Waals surface area contributed by atoms with Gasteiger partial charge in [-0.15, -0.1) is 0 Å². The predicted molar refractivity (Wildman–Crippen MR) is 86.2 cm³/mol. The fourth-order valence-corrected chi connectivity index (χ4v) is 2.64. The van der Waals surface area contributed by atoms with Gasteiger partial charge in [0.2, 0.25) is 0 Å². The molecule has 23 heavy (non-hydrogen) atoms. The number of fused-ring (bicyclic) bond motifs is 1. The van der Waals surface area contributed by atoms with Crippen LogP contribution < -0.4 is 4.90 Å². The summed E-state index contributed by atoms with van der Waals surface area (Å²) in [5.41, 5.74) is 2.17. The van der Waals surface area contributed by atoms with Crippen LogP contribution in [0.5, 0.6) is 0 Å². The maximum atomic E-state index is 12.1. The zero-order chi connectivity index (χ0) is 16.6. The van der Waals surface area contributed by atoms with E-state index in [2.05, 4.69) is 15.0 Å². The lowest BCUT2D eigenvalue weighted by Crippen LogP contribution is -2.34. The van der Waals surface area contributed by atoms with Crippen LogP contribution >= 0.6 is 0 Å². The summed E-state index contributed by atoms with van der Waals surface area (Å²) in [6.45, 7) is 3.87. The van der Waals surface area contributed by atoms with Crippen molar-refractivity contribution in [2.75, 3.05) is 25.5 Å². The predicted octanol–water partition coefficient (Wildman–Crippen LogP) is 1.05. The Hall–Kier alpha value is -2.41. The number of amides is 1. The summed E-state index contributed by atoms with van der Waals surface area (Å²) in [6, 6.07) is 7.41. The minimum absolute atomic E-state index is 0.106. The first kappa shape index (κ1) is 15.5. The van der Waals surface area contributed by atoms with Crippen molar-refractivity contribution in [3.8, 4) is 0 Å². The van der Waals surface area contributed by atoms with E-state index < -0.39 is 6.10 Å². The van der Waals surface area contributed by atoms with Gasteiger partial charge in [0.15, 0.2) is 0 Å². The quantitative estimate of drug-likeness (QED) is 0.916. The van der Waals surface area contributed by atoms with Crippen LogP contribution in [-0.2, 0) is 13.1 Å². The van der Waals surface area contributed by atoms with E-state index in [9.17, 15) is 9.90 Å². The second-order valence-electron chi connectivity index (χ2n) is 5.96. The molecule has 2 aromatic rings. The summed E-state index contributed by atoms with van der Waals surface area (Å²) in [5.74, 6) is 0.675. The van der Waals surface area contributed by atoms with Crippen LogP contribution in [0.2, 0.25) is 0 Å². The van der Waals surface area contributed by atoms with E-state index in [0.29, 0.717) is 17.9 Å². The molecule has 0 spiro atoms. The van der Waals surface area contributed by atoms with Crippen molar-refractivity contribution in [1.82, 2.24) is 19.7 Å². The molecule has 0 aliphatic carbocycles. The van der Waals surface area contributed by atoms with Crippen LogP contribution in [0.1, 0.15) is 34.9 Å². The average Bonchev–Trinajstić information content (AvgIpc) is 2.97. The van der Waals surface area contributed by atoms with Crippen LogP contribution in [0.4, 0.5) is 5.82 Å². The van der Waals surface area contributed by atoms with E-state index in [-0.39, 0.29) is 5.91 Å². The van der Waals surface area contributed by atoms with Gasteiger partial charge in [-0.3, -0.25) is 9.48 Å². The van der Waals surface area contributed by atoms with Crippen molar-refractivity contribution in [2.24, 2.45) is 0 Å². The molecular formula is C16H21N5O2. The maximum Gasteiger partial charge on any atom is 0.272 e. The third-order valence-electron chi connectivity index (χ3n) is 3.93. The highest BCUT2D eigenvalue weighted by atomic mass is 16.3. The van der Waals surface area contributed by atoms with Crippen LogP contribution in [-0.4, -0.2) is 51.3 Å². The lowest BCUT2D eigenvalue weighted by Gasteiger charge is -2.28. The fraction of sp³-hybridized carbons (Fsp3) is 0.438. The molecule has 7 nitrogen and oxygen atoms in total. The van der Waals surface area contributed by atoms with E-state index in [0.717, 1.165) is 24.6 Å². The molecule has 0 radical (unpaired) electrons. The van der Waals surface area contributed by atoms with Gasteiger partial charge in [0.1, 0.15) is 11.5 Å². The summed E-state index contributed by atoms with van der Waals surface area (Å²) >= 11 is 0. The first-order valence-electron chi connectivity index (χ1n) is 7.64. The van der Waals surface area contributed by atoms with Crippen LogP contribution in [0, 0.1) is 0 Å². The van der Waals surface area contributed by atoms with E-state index >= 15 is 0 Å². The molecule has 2 aromatic heterocycles. The molecule has 3 heterocycles. The number of anilines is 1. The molecular weight excluding hydrogens is 294 g/mol. The molecule has 1 aliphatic rings. The Morgan fingerprint density at radius 2 is 2.13 bits per heavy atom. The molecule has 1 amide bonds. The van der Waals surface area contributed by atoms with Crippen LogP contribution in [0.3, 0.4) is 0 Å². The normalized spacial score (nSPS) is 15.2. The lowest BCUT2D eigenvalue weighted by atomic mass is 10.2. The highest BCUT2D eigenvalue weighted by molar-refractivity contribution is 5.92. The van der Waals surface area contributed by atoms with Crippen molar-refractivity contribution in [1.29, 1.82) is 0 Å². The number of carbonyl (C=O) groups is 1. The Morgan fingerprint density at radius 1 is 1.35 bits per heavy atom. The van der Waals surface area contributed by atoms with Crippen molar-refractivity contribution >= 4 is 11.7 Å². The van der Waals surface area contributed by atoms with Gasteiger partial charge in [0, 0.05) is 20.6 Å². The van der Waals surface area contributed by atoms with Gasteiger partial charge in [-0.2, -0.15) is 5.10 Å². The van der Waals surface area contributed by atoms with Gasteiger partial charge < -0.3 is 14.9 Å². The lowest BCUT2D eigenvalue weighted by molar-refractivity contribution is 0.0822. The van der Waals surface area contributed by atoms with Gasteiger partial charge in [-0.1, -0.05) is 6.07 Å². The first-order valence-corrected chi connectivity index (χ1v) is 7.64. The topological polar surface area (TPSA) is 74.5 Å². The Bertz CT molecular complexity index is 723. The highest BCUT2D eigenvalue weighted by Crippen LogP contribution is 2.22. The molecule has 1 unspecified atom stereocenters. The van der Waals surface area contributed by atoms with E-state index in [1.807, 2.05) is 22.9 Å². The Morgan fingerprint density at radius 3 is 2.83 bits per heavy atom. The summed E-state index contributed by atoms with van der Waals surface area (Å²) in [6.07, 6.45) is -0.569. The largest absolute Gasteiger partial charge is 0.387 e. The zero-order valence-corrected chi connectivity index (χ0v) is 13.6. The van der Waals surface area contributed by atoms with Gasteiger partial charge >= 0.3 is 0 Å². The Kier molecular flexibility index (Phi) is 4.04. The van der Waals surface area contributed by atoms with E-state index in [4.69, 9.17) is 0 Å². The molecule has 1 aliphatic heterocycles. The number of nitrogens with zero attached hydrogens (tertiary/aromatic N) is 5. The van der Waals surface area contributed by atoms with Crippen molar-refractivity contribution < 1.29 is 9.90 Å². The van der Waals surface area contributed by atoms with Gasteiger partial charge in [0.05, 0.1) is 30.6 Å². The fourth-order valence-electron chi connectivity index (χ4n) is 2.64.